The molecule has 0 aromatic heterocycles. The molecule has 4 heteroatoms. The second-order valence-electron chi connectivity index (χ2n) is 8.55. The highest BCUT2D eigenvalue weighted by molar-refractivity contribution is 5.87. The standard InChI is InChI=1S/C22H38O4/c1-3-4-17-5-7-18(8-6-17)19-9-11-20(12-10-19)21(14-24)15-26-22(25)16(2)13-23/h17-21,23-24H,2-15H2,1H3. The molecule has 0 bridgehead atoms. The van der Waals surface area contributed by atoms with Crippen molar-refractivity contribution in [3.05, 3.63) is 12.2 Å². The van der Waals surface area contributed by atoms with E-state index >= 15 is 0 Å². The summed E-state index contributed by atoms with van der Waals surface area (Å²) in [4.78, 5) is 11.6. The summed E-state index contributed by atoms with van der Waals surface area (Å²) in [6, 6.07) is 0. The van der Waals surface area contributed by atoms with Gasteiger partial charge in [-0.25, -0.2) is 4.79 Å². The largest absolute Gasteiger partial charge is 0.462 e. The molecule has 1 unspecified atom stereocenters. The molecular formula is C22H38O4. The summed E-state index contributed by atoms with van der Waals surface area (Å²) in [6.07, 6.45) is 13.1. The minimum atomic E-state index is -0.552. The first kappa shape index (κ1) is 21.4. The maximum absolute atomic E-state index is 11.6. The molecule has 2 N–H and O–H groups in total. The van der Waals surface area contributed by atoms with Crippen LogP contribution in [0.1, 0.15) is 71.1 Å². The van der Waals surface area contributed by atoms with E-state index in [1.54, 1.807) is 0 Å². The number of aliphatic hydroxyl groups is 2. The molecule has 0 aromatic rings. The molecule has 2 rings (SSSR count). The zero-order valence-electron chi connectivity index (χ0n) is 16.5. The topological polar surface area (TPSA) is 66.8 Å². The van der Waals surface area contributed by atoms with Crippen LogP contribution in [0, 0.1) is 29.6 Å². The highest BCUT2D eigenvalue weighted by atomic mass is 16.5. The van der Waals surface area contributed by atoms with Gasteiger partial charge in [0.15, 0.2) is 0 Å². The molecule has 1 atom stereocenters. The molecule has 2 aliphatic carbocycles. The zero-order valence-corrected chi connectivity index (χ0v) is 16.5. The average molecular weight is 367 g/mol. The first-order chi connectivity index (χ1) is 12.6. The van der Waals surface area contributed by atoms with Crippen LogP contribution in [0.15, 0.2) is 12.2 Å². The SMILES string of the molecule is C=C(CO)C(=O)OCC(CO)C1CCC(C2CCC(CCC)CC2)CC1. The molecule has 4 nitrogen and oxygen atoms in total. The first-order valence-electron chi connectivity index (χ1n) is 10.7. The predicted octanol–water partition coefficient (Wildman–Crippen LogP) is 4.10. The third-order valence-electron chi connectivity index (χ3n) is 6.88. The highest BCUT2D eigenvalue weighted by Crippen LogP contribution is 2.43. The molecule has 2 saturated carbocycles. The van der Waals surface area contributed by atoms with Crippen LogP contribution in [-0.2, 0) is 9.53 Å². The van der Waals surface area contributed by atoms with Crippen molar-refractivity contribution in [1.82, 2.24) is 0 Å². The lowest BCUT2D eigenvalue weighted by molar-refractivity contribution is -0.142. The Morgan fingerprint density at radius 2 is 1.62 bits per heavy atom. The lowest BCUT2D eigenvalue weighted by atomic mass is 9.67. The smallest absolute Gasteiger partial charge is 0.335 e. The molecule has 2 fully saturated rings. The third-order valence-corrected chi connectivity index (χ3v) is 6.88. The van der Waals surface area contributed by atoms with Gasteiger partial charge in [0, 0.05) is 12.5 Å². The van der Waals surface area contributed by atoms with Gasteiger partial charge in [0.05, 0.1) is 18.8 Å². The van der Waals surface area contributed by atoms with E-state index in [4.69, 9.17) is 9.84 Å². The van der Waals surface area contributed by atoms with E-state index in [2.05, 4.69) is 13.5 Å². The van der Waals surface area contributed by atoms with Gasteiger partial charge < -0.3 is 14.9 Å². The number of esters is 1. The monoisotopic (exact) mass is 366 g/mol. The number of hydrogen-bond acceptors (Lipinski definition) is 4. The quantitative estimate of drug-likeness (QED) is 0.476. The van der Waals surface area contributed by atoms with Crippen LogP contribution >= 0.6 is 0 Å². The Labute approximate surface area is 159 Å². The lowest BCUT2D eigenvalue weighted by Gasteiger charge is -2.39. The summed E-state index contributed by atoms with van der Waals surface area (Å²) in [6.45, 7) is 5.67. The van der Waals surface area contributed by atoms with E-state index in [1.165, 1.54) is 51.4 Å². The molecule has 150 valence electrons. The molecule has 26 heavy (non-hydrogen) atoms. The average Bonchev–Trinajstić information content (AvgIpc) is 2.69. The molecule has 0 saturated heterocycles. The fraction of sp³-hybridized carbons (Fsp3) is 0.864. The summed E-state index contributed by atoms with van der Waals surface area (Å²) in [5.41, 5.74) is 0.0732. The minimum absolute atomic E-state index is 0.00619. The van der Waals surface area contributed by atoms with Crippen LogP contribution in [0.2, 0.25) is 0 Å². The summed E-state index contributed by atoms with van der Waals surface area (Å²) >= 11 is 0. The van der Waals surface area contributed by atoms with Crippen molar-refractivity contribution in [3.8, 4) is 0 Å². The van der Waals surface area contributed by atoms with Gasteiger partial charge in [-0.2, -0.15) is 0 Å². The van der Waals surface area contributed by atoms with Gasteiger partial charge in [-0.3, -0.25) is 0 Å². The van der Waals surface area contributed by atoms with E-state index < -0.39 is 5.97 Å². The Morgan fingerprint density at radius 3 is 2.12 bits per heavy atom. The zero-order chi connectivity index (χ0) is 18.9. The van der Waals surface area contributed by atoms with Crippen molar-refractivity contribution in [2.24, 2.45) is 29.6 Å². The fourth-order valence-corrected chi connectivity index (χ4v) is 5.13. The number of rotatable bonds is 9. The van der Waals surface area contributed by atoms with E-state index in [9.17, 15) is 9.90 Å². The molecule has 0 radical (unpaired) electrons. The summed E-state index contributed by atoms with van der Waals surface area (Å²) in [7, 11) is 0. The number of carbonyl (C=O) groups is 1. The highest BCUT2D eigenvalue weighted by Gasteiger charge is 2.33. The molecule has 0 amide bonds. The summed E-state index contributed by atoms with van der Waals surface area (Å²) in [5.74, 6) is 2.61. The van der Waals surface area contributed by atoms with Gasteiger partial charge in [-0.05, 0) is 62.2 Å². The van der Waals surface area contributed by atoms with E-state index in [1.807, 2.05) is 0 Å². The van der Waals surface area contributed by atoms with E-state index in [0.29, 0.717) is 5.92 Å². The maximum Gasteiger partial charge on any atom is 0.335 e. The van der Waals surface area contributed by atoms with Gasteiger partial charge >= 0.3 is 5.97 Å². The fourth-order valence-electron chi connectivity index (χ4n) is 5.13. The van der Waals surface area contributed by atoms with Crippen molar-refractivity contribution in [2.45, 2.75) is 71.1 Å². The number of aliphatic hydroxyl groups excluding tert-OH is 2. The van der Waals surface area contributed by atoms with Crippen molar-refractivity contribution in [3.63, 3.8) is 0 Å². The molecule has 0 spiro atoms. The second kappa shape index (κ2) is 11.1. The Morgan fingerprint density at radius 1 is 1.04 bits per heavy atom. The van der Waals surface area contributed by atoms with Gasteiger partial charge in [-0.15, -0.1) is 0 Å². The minimum Gasteiger partial charge on any atom is -0.462 e. The number of carbonyl (C=O) groups excluding carboxylic acids is 1. The second-order valence-corrected chi connectivity index (χ2v) is 8.55. The molecule has 0 aromatic carbocycles. The lowest BCUT2D eigenvalue weighted by Crippen LogP contribution is -2.31. The van der Waals surface area contributed by atoms with Crippen LogP contribution in [0.25, 0.3) is 0 Å². The van der Waals surface area contributed by atoms with Crippen LogP contribution in [0.3, 0.4) is 0 Å². The Hall–Kier alpha value is -0.870. The Balaban J connectivity index is 1.72. The molecular weight excluding hydrogens is 328 g/mol. The van der Waals surface area contributed by atoms with Crippen LogP contribution in [0.5, 0.6) is 0 Å². The molecule has 0 heterocycles. The summed E-state index contributed by atoms with van der Waals surface area (Å²) in [5, 5.41) is 18.6. The normalized spacial score (nSPS) is 30.6. The van der Waals surface area contributed by atoms with Crippen molar-refractivity contribution in [2.75, 3.05) is 19.8 Å². The van der Waals surface area contributed by atoms with E-state index in [0.717, 1.165) is 30.6 Å². The first-order valence-corrected chi connectivity index (χ1v) is 10.7. The van der Waals surface area contributed by atoms with Gasteiger partial charge in [0.25, 0.3) is 0 Å². The van der Waals surface area contributed by atoms with Gasteiger partial charge in [0.1, 0.15) is 0 Å². The van der Waals surface area contributed by atoms with Crippen molar-refractivity contribution >= 4 is 5.97 Å². The van der Waals surface area contributed by atoms with Crippen LogP contribution in [-0.4, -0.2) is 36.0 Å². The van der Waals surface area contributed by atoms with Crippen molar-refractivity contribution < 1.29 is 19.7 Å². The van der Waals surface area contributed by atoms with Crippen LogP contribution in [0.4, 0.5) is 0 Å². The molecule has 2 aliphatic rings. The molecule has 0 aliphatic heterocycles. The van der Waals surface area contributed by atoms with Crippen molar-refractivity contribution in [1.29, 1.82) is 0 Å². The van der Waals surface area contributed by atoms with E-state index in [-0.39, 0.29) is 31.3 Å². The van der Waals surface area contributed by atoms with Crippen LogP contribution < -0.4 is 0 Å². The number of ether oxygens (including phenoxy) is 1. The van der Waals surface area contributed by atoms with Gasteiger partial charge in [-0.1, -0.05) is 39.2 Å². The number of hydrogen-bond donors (Lipinski definition) is 2. The Kier molecular flexibility index (Phi) is 9.13. The predicted molar refractivity (Wildman–Crippen MR) is 104 cm³/mol. The van der Waals surface area contributed by atoms with Gasteiger partial charge in [0.2, 0.25) is 0 Å². The Bertz CT molecular complexity index is 431. The third kappa shape index (κ3) is 6.09. The maximum atomic E-state index is 11.6. The summed E-state index contributed by atoms with van der Waals surface area (Å²) < 4.78 is 5.22.